The molecule has 1 aromatic heterocycles. The van der Waals surface area contributed by atoms with E-state index in [1.807, 2.05) is 0 Å². The van der Waals surface area contributed by atoms with Crippen molar-refractivity contribution in [1.82, 2.24) is 0 Å². The lowest BCUT2D eigenvalue weighted by Crippen LogP contribution is -2.08. The number of aliphatic carboxylic acids is 1. The molecule has 1 aromatic carbocycles. The zero-order valence-corrected chi connectivity index (χ0v) is 9.55. The Hall–Kier alpha value is -1.60. The molecule has 18 heavy (non-hydrogen) atoms. The summed E-state index contributed by atoms with van der Waals surface area (Å²) >= 11 is 0.833. The summed E-state index contributed by atoms with van der Waals surface area (Å²) in [6, 6.07) is 4.69. The van der Waals surface area contributed by atoms with Gasteiger partial charge in [-0.15, -0.1) is 11.3 Å². The molecule has 0 saturated heterocycles. The van der Waals surface area contributed by atoms with Crippen LogP contribution < -0.4 is 0 Å². The van der Waals surface area contributed by atoms with Crippen LogP contribution in [0.4, 0.5) is 13.2 Å². The number of halogens is 3. The molecule has 0 radical (unpaired) electrons. The summed E-state index contributed by atoms with van der Waals surface area (Å²) in [5, 5.41) is 17.9. The number of alkyl halides is 3. The SMILES string of the molecule is O=C(O)C(O)c1cc2c(C(F)(F)F)cccc2s1. The fraction of sp³-hybridized carbons (Fsp3) is 0.182. The molecule has 0 saturated carbocycles. The molecule has 0 bridgehead atoms. The first-order valence-electron chi connectivity index (χ1n) is 4.81. The van der Waals surface area contributed by atoms with Gasteiger partial charge in [-0.3, -0.25) is 0 Å². The molecule has 2 rings (SSSR count). The van der Waals surface area contributed by atoms with Crippen molar-refractivity contribution in [2.24, 2.45) is 0 Å². The first-order valence-corrected chi connectivity index (χ1v) is 5.63. The van der Waals surface area contributed by atoms with Crippen molar-refractivity contribution in [2.45, 2.75) is 12.3 Å². The molecule has 1 atom stereocenters. The first kappa shape index (κ1) is 12.8. The minimum atomic E-state index is -4.51. The predicted octanol–water partition coefficient (Wildman–Crippen LogP) is 3.04. The average Bonchev–Trinajstić information content (AvgIpc) is 2.69. The zero-order chi connectivity index (χ0) is 13.5. The van der Waals surface area contributed by atoms with Crippen LogP contribution in [0.5, 0.6) is 0 Å². The van der Waals surface area contributed by atoms with Gasteiger partial charge in [-0.1, -0.05) is 6.07 Å². The fourth-order valence-electron chi connectivity index (χ4n) is 1.58. The average molecular weight is 276 g/mol. The van der Waals surface area contributed by atoms with Crippen LogP contribution in [0.3, 0.4) is 0 Å². The number of carboxylic acids is 1. The van der Waals surface area contributed by atoms with Crippen molar-refractivity contribution in [3.63, 3.8) is 0 Å². The van der Waals surface area contributed by atoms with Crippen LogP contribution in [0.25, 0.3) is 10.1 Å². The minimum absolute atomic E-state index is 0.0193. The van der Waals surface area contributed by atoms with Gasteiger partial charge in [-0.2, -0.15) is 13.2 Å². The van der Waals surface area contributed by atoms with Crippen LogP contribution in [-0.2, 0) is 11.0 Å². The third-order valence-electron chi connectivity index (χ3n) is 2.39. The topological polar surface area (TPSA) is 57.5 Å². The lowest BCUT2D eigenvalue weighted by atomic mass is 10.1. The van der Waals surface area contributed by atoms with Gasteiger partial charge in [0.05, 0.1) is 5.56 Å². The lowest BCUT2D eigenvalue weighted by Gasteiger charge is -2.07. The Bertz CT molecular complexity index is 603. The van der Waals surface area contributed by atoms with E-state index in [2.05, 4.69) is 0 Å². The summed E-state index contributed by atoms with van der Waals surface area (Å²) in [6.45, 7) is 0. The Morgan fingerprint density at radius 3 is 2.56 bits per heavy atom. The molecule has 0 fully saturated rings. The van der Waals surface area contributed by atoms with E-state index in [4.69, 9.17) is 5.11 Å². The van der Waals surface area contributed by atoms with Crippen LogP contribution in [0, 0.1) is 0 Å². The van der Waals surface area contributed by atoms with Crippen molar-refractivity contribution >= 4 is 27.4 Å². The molecular formula is C11H7F3O3S. The zero-order valence-electron chi connectivity index (χ0n) is 8.73. The maximum Gasteiger partial charge on any atom is 0.417 e. The molecule has 2 N–H and O–H groups in total. The summed E-state index contributed by atoms with van der Waals surface area (Å²) < 4.78 is 38.4. The van der Waals surface area contributed by atoms with Gasteiger partial charge < -0.3 is 10.2 Å². The second-order valence-electron chi connectivity index (χ2n) is 3.60. The van der Waals surface area contributed by atoms with Crippen LogP contribution in [-0.4, -0.2) is 16.2 Å². The van der Waals surface area contributed by atoms with E-state index in [0.717, 1.165) is 23.5 Å². The van der Waals surface area contributed by atoms with Gasteiger partial charge in [-0.05, 0) is 18.2 Å². The molecule has 0 aliphatic rings. The number of fused-ring (bicyclic) bond motifs is 1. The van der Waals surface area contributed by atoms with Gasteiger partial charge in [0.25, 0.3) is 0 Å². The summed E-state index contributed by atoms with van der Waals surface area (Å²) in [5.41, 5.74) is -0.833. The van der Waals surface area contributed by atoms with Crippen molar-refractivity contribution in [1.29, 1.82) is 0 Å². The summed E-state index contributed by atoms with van der Waals surface area (Å²) in [7, 11) is 0. The van der Waals surface area contributed by atoms with Crippen molar-refractivity contribution in [3.05, 3.63) is 34.7 Å². The number of aliphatic hydroxyl groups is 1. The standard InChI is InChI=1S/C11H7F3O3S/c12-11(13,14)6-2-1-3-7-5(6)4-8(18-7)9(15)10(16)17/h1-4,9,15H,(H,16,17). The number of benzene rings is 1. The summed E-state index contributed by atoms with van der Waals surface area (Å²) in [4.78, 5) is 10.6. The van der Waals surface area contributed by atoms with E-state index in [9.17, 15) is 23.1 Å². The second-order valence-corrected chi connectivity index (χ2v) is 4.72. The third-order valence-corrected chi connectivity index (χ3v) is 3.54. The highest BCUT2D eigenvalue weighted by atomic mass is 32.1. The van der Waals surface area contributed by atoms with E-state index < -0.39 is 23.8 Å². The number of carboxylic acid groups (broad SMARTS) is 1. The van der Waals surface area contributed by atoms with Gasteiger partial charge in [0, 0.05) is 15.0 Å². The molecule has 2 aromatic rings. The lowest BCUT2D eigenvalue weighted by molar-refractivity contribution is -0.146. The second kappa shape index (κ2) is 4.25. The van der Waals surface area contributed by atoms with E-state index in [-0.39, 0.29) is 10.3 Å². The molecule has 0 spiro atoms. The Labute approximate surface area is 103 Å². The van der Waals surface area contributed by atoms with Crippen LogP contribution >= 0.6 is 11.3 Å². The largest absolute Gasteiger partial charge is 0.479 e. The van der Waals surface area contributed by atoms with Gasteiger partial charge >= 0.3 is 12.1 Å². The maximum absolute atomic E-state index is 12.7. The fourth-order valence-corrected chi connectivity index (χ4v) is 2.65. The Balaban J connectivity index is 2.62. The van der Waals surface area contributed by atoms with E-state index in [1.165, 1.54) is 12.1 Å². The third kappa shape index (κ3) is 2.19. The Morgan fingerprint density at radius 2 is 2.00 bits per heavy atom. The molecule has 1 unspecified atom stereocenters. The van der Waals surface area contributed by atoms with Crippen LogP contribution in [0.1, 0.15) is 16.5 Å². The highest BCUT2D eigenvalue weighted by Crippen LogP contribution is 2.39. The maximum atomic E-state index is 12.7. The van der Waals surface area contributed by atoms with E-state index in [1.54, 1.807) is 0 Å². The van der Waals surface area contributed by atoms with Gasteiger partial charge in [0.1, 0.15) is 0 Å². The molecule has 96 valence electrons. The first-order chi connectivity index (χ1) is 8.30. The van der Waals surface area contributed by atoms with Crippen LogP contribution in [0.15, 0.2) is 24.3 Å². The van der Waals surface area contributed by atoms with Gasteiger partial charge in [0.15, 0.2) is 6.10 Å². The summed E-state index contributed by atoms with van der Waals surface area (Å²) in [6.07, 6.45) is -6.31. The number of hydrogen-bond acceptors (Lipinski definition) is 3. The number of hydrogen-bond donors (Lipinski definition) is 2. The number of carbonyl (C=O) groups is 1. The normalized spacial score (nSPS) is 13.8. The smallest absolute Gasteiger partial charge is 0.417 e. The highest BCUT2D eigenvalue weighted by molar-refractivity contribution is 7.19. The van der Waals surface area contributed by atoms with Crippen molar-refractivity contribution in [3.8, 4) is 0 Å². The van der Waals surface area contributed by atoms with Crippen molar-refractivity contribution in [2.75, 3.05) is 0 Å². The Kier molecular flexibility index (Phi) is 3.04. The molecule has 7 heteroatoms. The minimum Gasteiger partial charge on any atom is -0.479 e. The Morgan fingerprint density at radius 1 is 1.33 bits per heavy atom. The molecular weight excluding hydrogens is 269 g/mol. The molecule has 0 amide bonds. The highest BCUT2D eigenvalue weighted by Gasteiger charge is 2.33. The monoisotopic (exact) mass is 276 g/mol. The van der Waals surface area contributed by atoms with Gasteiger partial charge in [0.2, 0.25) is 0 Å². The number of thiophene rings is 1. The summed E-state index contributed by atoms with van der Waals surface area (Å²) in [5.74, 6) is -1.49. The predicted molar refractivity (Wildman–Crippen MR) is 59.4 cm³/mol. The molecule has 0 aliphatic carbocycles. The van der Waals surface area contributed by atoms with Crippen LogP contribution in [0.2, 0.25) is 0 Å². The number of rotatable bonds is 2. The molecule has 3 nitrogen and oxygen atoms in total. The number of aliphatic hydroxyl groups excluding tert-OH is 1. The molecule has 1 heterocycles. The molecule has 0 aliphatic heterocycles. The van der Waals surface area contributed by atoms with Crippen molar-refractivity contribution < 1.29 is 28.2 Å². The van der Waals surface area contributed by atoms with E-state index in [0.29, 0.717) is 4.70 Å². The van der Waals surface area contributed by atoms with E-state index >= 15 is 0 Å². The van der Waals surface area contributed by atoms with Gasteiger partial charge in [-0.25, -0.2) is 4.79 Å². The quantitative estimate of drug-likeness (QED) is 0.886.